The van der Waals surface area contributed by atoms with E-state index in [2.05, 4.69) is 15.6 Å². The lowest BCUT2D eigenvalue weighted by atomic mass is 10.1. The first-order valence-electron chi connectivity index (χ1n) is 6.07. The zero-order valence-electron chi connectivity index (χ0n) is 11.2. The number of benzene rings is 1. The van der Waals surface area contributed by atoms with E-state index in [9.17, 15) is 4.79 Å². The van der Waals surface area contributed by atoms with Gasteiger partial charge in [0.25, 0.3) is 5.91 Å². The summed E-state index contributed by atoms with van der Waals surface area (Å²) in [6.45, 7) is 0. The van der Waals surface area contributed by atoms with Crippen LogP contribution in [-0.2, 0) is 0 Å². The summed E-state index contributed by atoms with van der Waals surface area (Å²) in [6.07, 6.45) is 1.53. The number of aromatic nitrogens is 1. The summed E-state index contributed by atoms with van der Waals surface area (Å²) < 4.78 is 0. The first-order chi connectivity index (χ1) is 10.2. The van der Waals surface area contributed by atoms with Crippen LogP contribution < -0.4 is 10.6 Å². The number of pyridine rings is 1. The summed E-state index contributed by atoms with van der Waals surface area (Å²) in [5.41, 5.74) is 1.40. The first kappa shape index (κ1) is 14.0. The Kier molecular flexibility index (Phi) is 4.13. The Labute approximate surface area is 121 Å². The number of rotatable bonds is 3. The third-order valence-corrected chi connectivity index (χ3v) is 2.80. The van der Waals surface area contributed by atoms with E-state index in [-0.39, 0.29) is 17.0 Å². The molecule has 2 N–H and O–H groups in total. The summed E-state index contributed by atoms with van der Waals surface area (Å²) in [7, 11) is 1.71. The van der Waals surface area contributed by atoms with Crippen LogP contribution in [0.1, 0.15) is 21.5 Å². The second-order valence-electron chi connectivity index (χ2n) is 4.12. The quantitative estimate of drug-likeness (QED) is 0.894. The van der Waals surface area contributed by atoms with Gasteiger partial charge in [0, 0.05) is 24.5 Å². The van der Waals surface area contributed by atoms with Crippen LogP contribution in [0, 0.1) is 22.7 Å². The number of carbonyl (C=O) groups is 1. The molecule has 0 aliphatic carbocycles. The molecule has 1 amide bonds. The molecule has 0 saturated carbocycles. The van der Waals surface area contributed by atoms with Crippen molar-refractivity contribution in [3.05, 3.63) is 53.2 Å². The smallest absolute Gasteiger partial charge is 0.255 e. The molecule has 2 aromatic rings. The molecule has 2 rings (SSSR count). The average Bonchev–Trinajstić information content (AvgIpc) is 2.54. The molecule has 0 spiro atoms. The van der Waals surface area contributed by atoms with Crippen molar-refractivity contribution in [2.45, 2.75) is 0 Å². The molecular formula is C15H11N5O. The molecule has 6 nitrogen and oxygen atoms in total. The Morgan fingerprint density at radius 1 is 1.14 bits per heavy atom. The molecule has 0 bridgehead atoms. The van der Waals surface area contributed by atoms with Gasteiger partial charge in [0.1, 0.15) is 18.0 Å². The number of hydrogen-bond acceptors (Lipinski definition) is 5. The lowest BCUT2D eigenvalue weighted by Crippen LogP contribution is -2.12. The highest BCUT2D eigenvalue weighted by Gasteiger charge is 2.09. The van der Waals surface area contributed by atoms with Gasteiger partial charge in [0.05, 0.1) is 11.1 Å². The van der Waals surface area contributed by atoms with E-state index in [0.29, 0.717) is 17.1 Å². The van der Waals surface area contributed by atoms with Crippen LogP contribution in [0.3, 0.4) is 0 Å². The van der Waals surface area contributed by atoms with Crippen molar-refractivity contribution >= 4 is 17.4 Å². The van der Waals surface area contributed by atoms with Crippen molar-refractivity contribution in [2.75, 3.05) is 17.7 Å². The summed E-state index contributed by atoms with van der Waals surface area (Å²) >= 11 is 0. The van der Waals surface area contributed by atoms with Gasteiger partial charge in [-0.25, -0.2) is 4.98 Å². The van der Waals surface area contributed by atoms with E-state index in [1.807, 2.05) is 12.1 Å². The predicted molar refractivity (Wildman–Crippen MR) is 77.6 cm³/mol. The highest BCUT2D eigenvalue weighted by Crippen LogP contribution is 2.16. The van der Waals surface area contributed by atoms with Crippen LogP contribution in [-0.4, -0.2) is 17.9 Å². The molecule has 0 atom stereocenters. The Hall–Kier alpha value is -3.38. The highest BCUT2D eigenvalue weighted by atomic mass is 16.1. The fourth-order valence-electron chi connectivity index (χ4n) is 1.72. The molecule has 0 aliphatic rings. The van der Waals surface area contributed by atoms with Gasteiger partial charge >= 0.3 is 0 Å². The summed E-state index contributed by atoms with van der Waals surface area (Å²) in [5, 5.41) is 23.3. The zero-order valence-corrected chi connectivity index (χ0v) is 11.2. The largest absolute Gasteiger partial charge is 0.373 e. The molecule has 6 heteroatoms. The van der Waals surface area contributed by atoms with Gasteiger partial charge in [-0.15, -0.1) is 0 Å². The number of anilines is 2. The van der Waals surface area contributed by atoms with Crippen molar-refractivity contribution in [3.8, 4) is 12.1 Å². The van der Waals surface area contributed by atoms with Gasteiger partial charge in [-0.2, -0.15) is 10.5 Å². The van der Waals surface area contributed by atoms with E-state index in [1.165, 1.54) is 18.3 Å². The molecule has 1 aromatic heterocycles. The predicted octanol–water partition coefficient (Wildman–Crippen LogP) is 2.12. The molecular weight excluding hydrogens is 266 g/mol. The third kappa shape index (κ3) is 3.14. The van der Waals surface area contributed by atoms with Crippen LogP contribution in [0.5, 0.6) is 0 Å². The second-order valence-corrected chi connectivity index (χ2v) is 4.12. The highest BCUT2D eigenvalue weighted by molar-refractivity contribution is 6.04. The molecule has 1 heterocycles. The standard InChI is InChI=1S/C15H11N5O/c1-18-14-7-10(4-5-19-14)15(21)20-13-3-2-11(8-16)12(6-13)9-17/h2-7H,1H3,(H,18,19)(H,20,21). The molecule has 0 aliphatic heterocycles. The lowest BCUT2D eigenvalue weighted by molar-refractivity contribution is 0.102. The van der Waals surface area contributed by atoms with Crippen molar-refractivity contribution in [3.63, 3.8) is 0 Å². The summed E-state index contributed by atoms with van der Waals surface area (Å²) in [6, 6.07) is 11.6. The van der Waals surface area contributed by atoms with Crippen molar-refractivity contribution < 1.29 is 4.79 Å². The molecule has 0 unspecified atom stereocenters. The zero-order chi connectivity index (χ0) is 15.2. The fraction of sp³-hybridized carbons (Fsp3) is 0.0667. The minimum absolute atomic E-state index is 0.223. The van der Waals surface area contributed by atoms with Crippen LogP contribution in [0.15, 0.2) is 36.5 Å². The van der Waals surface area contributed by atoms with E-state index < -0.39 is 0 Å². The van der Waals surface area contributed by atoms with E-state index in [4.69, 9.17) is 10.5 Å². The fourth-order valence-corrected chi connectivity index (χ4v) is 1.72. The minimum atomic E-state index is -0.317. The maximum absolute atomic E-state index is 12.1. The molecule has 0 radical (unpaired) electrons. The molecule has 0 saturated heterocycles. The van der Waals surface area contributed by atoms with Crippen LogP contribution in [0.4, 0.5) is 11.5 Å². The summed E-state index contributed by atoms with van der Waals surface area (Å²) in [4.78, 5) is 16.1. The maximum atomic E-state index is 12.1. The minimum Gasteiger partial charge on any atom is -0.373 e. The molecule has 1 aromatic carbocycles. The van der Waals surface area contributed by atoms with Gasteiger partial charge in [-0.05, 0) is 30.3 Å². The SMILES string of the molecule is CNc1cc(C(=O)Nc2ccc(C#N)c(C#N)c2)ccn1. The third-order valence-electron chi connectivity index (χ3n) is 2.80. The maximum Gasteiger partial charge on any atom is 0.255 e. The van der Waals surface area contributed by atoms with Crippen molar-refractivity contribution in [1.82, 2.24) is 4.98 Å². The second kappa shape index (κ2) is 6.18. The van der Waals surface area contributed by atoms with Crippen LogP contribution in [0.2, 0.25) is 0 Å². The van der Waals surface area contributed by atoms with Crippen LogP contribution in [0.25, 0.3) is 0 Å². The molecule has 0 fully saturated rings. The summed E-state index contributed by atoms with van der Waals surface area (Å²) in [5.74, 6) is 0.266. The average molecular weight is 277 g/mol. The van der Waals surface area contributed by atoms with E-state index in [0.717, 1.165) is 0 Å². The van der Waals surface area contributed by atoms with Gasteiger partial charge in [-0.3, -0.25) is 4.79 Å². The number of nitrogens with one attached hydrogen (secondary N) is 2. The van der Waals surface area contributed by atoms with Crippen molar-refractivity contribution in [2.24, 2.45) is 0 Å². The number of nitrogens with zero attached hydrogens (tertiary/aromatic N) is 3. The van der Waals surface area contributed by atoms with Gasteiger partial charge < -0.3 is 10.6 Å². The Morgan fingerprint density at radius 2 is 1.90 bits per heavy atom. The van der Waals surface area contributed by atoms with E-state index in [1.54, 1.807) is 25.2 Å². The van der Waals surface area contributed by atoms with Gasteiger partial charge in [-0.1, -0.05) is 0 Å². The molecule has 21 heavy (non-hydrogen) atoms. The van der Waals surface area contributed by atoms with Crippen molar-refractivity contribution in [1.29, 1.82) is 10.5 Å². The Morgan fingerprint density at radius 3 is 2.57 bits per heavy atom. The van der Waals surface area contributed by atoms with Gasteiger partial charge in [0.2, 0.25) is 0 Å². The monoisotopic (exact) mass is 277 g/mol. The Bertz CT molecular complexity index is 770. The number of hydrogen-bond donors (Lipinski definition) is 2. The lowest BCUT2D eigenvalue weighted by Gasteiger charge is -2.07. The Balaban J connectivity index is 2.24. The number of carbonyl (C=O) groups excluding carboxylic acids is 1. The van der Waals surface area contributed by atoms with Crippen LogP contribution >= 0.6 is 0 Å². The molecule has 102 valence electrons. The topological polar surface area (TPSA) is 102 Å². The normalized spacial score (nSPS) is 9.29. The number of amides is 1. The first-order valence-corrected chi connectivity index (χ1v) is 6.07. The number of nitriles is 2. The van der Waals surface area contributed by atoms with E-state index >= 15 is 0 Å². The van der Waals surface area contributed by atoms with Gasteiger partial charge in [0.15, 0.2) is 0 Å².